The van der Waals surface area contributed by atoms with Gasteiger partial charge in [-0.2, -0.15) is 0 Å². The molecular formula is C25H27NO4S. The zero-order chi connectivity index (χ0) is 22.4. The van der Waals surface area contributed by atoms with Crippen LogP contribution in [0.1, 0.15) is 37.0 Å². The van der Waals surface area contributed by atoms with Crippen molar-refractivity contribution in [2.45, 2.75) is 36.8 Å². The Hall–Kier alpha value is -3.12. The Labute approximate surface area is 184 Å². The van der Waals surface area contributed by atoms with Crippen LogP contribution in [0.2, 0.25) is 0 Å². The highest BCUT2D eigenvalue weighted by Crippen LogP contribution is 2.31. The quantitative estimate of drug-likeness (QED) is 0.499. The Morgan fingerprint density at radius 1 is 0.903 bits per heavy atom. The van der Waals surface area contributed by atoms with Crippen molar-refractivity contribution in [2.24, 2.45) is 0 Å². The molecule has 0 saturated carbocycles. The number of sulfone groups is 1. The van der Waals surface area contributed by atoms with Gasteiger partial charge in [-0.05, 0) is 54.3 Å². The summed E-state index contributed by atoms with van der Waals surface area (Å²) in [6.07, 6.45) is 1.06. The van der Waals surface area contributed by atoms with Gasteiger partial charge in [0.15, 0.2) is 9.84 Å². The van der Waals surface area contributed by atoms with Crippen molar-refractivity contribution in [3.63, 3.8) is 0 Å². The van der Waals surface area contributed by atoms with Crippen molar-refractivity contribution in [1.82, 2.24) is 0 Å². The molecule has 31 heavy (non-hydrogen) atoms. The van der Waals surface area contributed by atoms with Gasteiger partial charge in [0.1, 0.15) is 5.75 Å². The molecule has 162 valence electrons. The van der Waals surface area contributed by atoms with E-state index >= 15 is 0 Å². The van der Waals surface area contributed by atoms with Crippen molar-refractivity contribution < 1.29 is 17.9 Å². The lowest BCUT2D eigenvalue weighted by atomic mass is 10.0. The molecule has 0 saturated heterocycles. The molecule has 0 fully saturated rings. The third-order valence-corrected chi connectivity index (χ3v) is 7.81. The van der Waals surface area contributed by atoms with Gasteiger partial charge in [0.05, 0.1) is 22.9 Å². The topological polar surface area (TPSA) is 72.5 Å². The predicted molar refractivity (Wildman–Crippen MR) is 124 cm³/mol. The van der Waals surface area contributed by atoms with Gasteiger partial charge in [-0.3, -0.25) is 4.79 Å². The van der Waals surface area contributed by atoms with Gasteiger partial charge >= 0.3 is 0 Å². The van der Waals surface area contributed by atoms with Gasteiger partial charge in [-0.25, -0.2) is 8.42 Å². The highest BCUT2D eigenvalue weighted by Gasteiger charge is 2.25. The van der Waals surface area contributed by atoms with Crippen molar-refractivity contribution in [1.29, 1.82) is 0 Å². The van der Waals surface area contributed by atoms with Crippen molar-refractivity contribution >= 4 is 21.4 Å². The Morgan fingerprint density at radius 3 is 2.10 bits per heavy atom. The van der Waals surface area contributed by atoms with Crippen LogP contribution < -0.4 is 10.1 Å². The lowest BCUT2D eigenvalue weighted by Gasteiger charge is -2.16. The maximum absolute atomic E-state index is 12.9. The van der Waals surface area contributed by atoms with E-state index in [0.717, 1.165) is 11.1 Å². The van der Waals surface area contributed by atoms with E-state index in [1.54, 1.807) is 18.2 Å². The minimum Gasteiger partial charge on any atom is -0.495 e. The average molecular weight is 438 g/mol. The largest absolute Gasteiger partial charge is 0.495 e. The van der Waals surface area contributed by atoms with E-state index in [0.29, 0.717) is 29.8 Å². The summed E-state index contributed by atoms with van der Waals surface area (Å²) in [4.78, 5) is 13.0. The number of hydrogen-bond acceptors (Lipinski definition) is 4. The van der Waals surface area contributed by atoms with Crippen LogP contribution >= 0.6 is 0 Å². The number of carbonyl (C=O) groups is 1. The standard InChI is InChI=1S/C25H27NO4S/c1-4-21(5-2)31(28,29)22-15-16-24(30-3)23(17-22)26-25(27)20-13-11-19(12-14-20)18-9-7-6-8-10-18/h6-17,21H,4-5H2,1-3H3,(H,26,27). The van der Waals surface area contributed by atoms with E-state index in [4.69, 9.17) is 4.74 Å². The highest BCUT2D eigenvalue weighted by atomic mass is 32.2. The molecule has 3 aromatic rings. The molecular weight excluding hydrogens is 410 g/mol. The maximum atomic E-state index is 12.9. The second-order valence-corrected chi connectivity index (χ2v) is 9.47. The summed E-state index contributed by atoms with van der Waals surface area (Å²) in [7, 11) is -2.01. The molecule has 3 aromatic carbocycles. The van der Waals surface area contributed by atoms with Gasteiger partial charge in [0, 0.05) is 5.56 Å². The molecule has 0 aromatic heterocycles. The van der Waals surface area contributed by atoms with Crippen LogP contribution in [0.5, 0.6) is 5.75 Å². The van der Waals surface area contributed by atoms with Crippen LogP contribution in [-0.4, -0.2) is 26.7 Å². The molecule has 1 amide bonds. The summed E-state index contributed by atoms with van der Waals surface area (Å²) in [5.74, 6) is 0.0627. The number of amides is 1. The molecule has 5 nitrogen and oxygen atoms in total. The monoisotopic (exact) mass is 437 g/mol. The highest BCUT2D eigenvalue weighted by molar-refractivity contribution is 7.92. The minimum absolute atomic E-state index is 0.178. The van der Waals surface area contributed by atoms with Gasteiger partial charge in [0.25, 0.3) is 5.91 Å². The Bertz CT molecular complexity index is 1140. The van der Waals surface area contributed by atoms with Crippen LogP contribution in [0.3, 0.4) is 0 Å². The fraction of sp³-hybridized carbons (Fsp3) is 0.240. The number of ether oxygens (including phenoxy) is 1. The second-order valence-electron chi connectivity index (χ2n) is 7.24. The number of methoxy groups -OCH3 is 1. The number of benzene rings is 3. The summed E-state index contributed by atoms with van der Waals surface area (Å²) >= 11 is 0. The fourth-order valence-corrected chi connectivity index (χ4v) is 5.32. The SMILES string of the molecule is CCC(CC)S(=O)(=O)c1ccc(OC)c(NC(=O)c2ccc(-c3ccccc3)cc2)c1. The lowest BCUT2D eigenvalue weighted by molar-refractivity contribution is 0.102. The molecule has 0 unspecified atom stereocenters. The molecule has 0 heterocycles. The Morgan fingerprint density at radius 2 is 1.52 bits per heavy atom. The molecule has 0 atom stereocenters. The van der Waals surface area contributed by atoms with Gasteiger partial charge < -0.3 is 10.1 Å². The minimum atomic E-state index is -3.49. The van der Waals surface area contributed by atoms with E-state index in [1.807, 2.05) is 56.3 Å². The van der Waals surface area contributed by atoms with Crippen LogP contribution in [-0.2, 0) is 9.84 Å². The van der Waals surface area contributed by atoms with E-state index in [2.05, 4.69) is 5.32 Å². The number of carbonyl (C=O) groups excluding carboxylic acids is 1. The summed E-state index contributed by atoms with van der Waals surface area (Å²) in [6, 6.07) is 21.7. The summed E-state index contributed by atoms with van der Waals surface area (Å²) < 4.78 is 31.2. The second kappa shape index (κ2) is 9.79. The third kappa shape index (κ3) is 4.97. The first-order valence-corrected chi connectivity index (χ1v) is 11.8. The van der Waals surface area contributed by atoms with Crippen LogP contribution in [0.25, 0.3) is 11.1 Å². The van der Waals surface area contributed by atoms with E-state index in [1.165, 1.54) is 19.2 Å². The van der Waals surface area contributed by atoms with Crippen LogP contribution in [0.15, 0.2) is 77.7 Å². The lowest BCUT2D eigenvalue weighted by Crippen LogP contribution is -2.20. The molecule has 0 aliphatic heterocycles. The molecule has 0 radical (unpaired) electrons. The first kappa shape index (κ1) is 22.6. The van der Waals surface area contributed by atoms with Gasteiger partial charge in [-0.15, -0.1) is 0 Å². The molecule has 0 aliphatic carbocycles. The maximum Gasteiger partial charge on any atom is 0.255 e. The van der Waals surface area contributed by atoms with Crippen molar-refractivity contribution in [2.75, 3.05) is 12.4 Å². The average Bonchev–Trinajstić information content (AvgIpc) is 2.80. The summed E-state index contributed by atoms with van der Waals surface area (Å²) in [5, 5.41) is 2.33. The van der Waals surface area contributed by atoms with Crippen LogP contribution in [0.4, 0.5) is 5.69 Å². The Balaban J connectivity index is 1.87. The molecule has 0 bridgehead atoms. The molecule has 0 spiro atoms. The first-order valence-electron chi connectivity index (χ1n) is 10.3. The fourth-order valence-electron chi connectivity index (χ4n) is 3.52. The smallest absolute Gasteiger partial charge is 0.255 e. The number of rotatable bonds is 8. The van der Waals surface area contributed by atoms with Crippen molar-refractivity contribution in [3.8, 4) is 16.9 Å². The van der Waals surface area contributed by atoms with Crippen LogP contribution in [0, 0.1) is 0 Å². The van der Waals surface area contributed by atoms with E-state index in [9.17, 15) is 13.2 Å². The number of anilines is 1. The number of hydrogen-bond donors (Lipinski definition) is 1. The molecule has 1 N–H and O–H groups in total. The third-order valence-electron chi connectivity index (χ3n) is 5.35. The summed E-state index contributed by atoms with van der Waals surface area (Å²) in [5.41, 5.74) is 2.87. The number of nitrogens with one attached hydrogen (secondary N) is 1. The van der Waals surface area contributed by atoms with E-state index < -0.39 is 15.1 Å². The normalized spacial score (nSPS) is 11.4. The van der Waals surface area contributed by atoms with Gasteiger partial charge in [-0.1, -0.05) is 56.3 Å². The molecule has 6 heteroatoms. The molecule has 3 rings (SSSR count). The molecule has 0 aliphatic rings. The van der Waals surface area contributed by atoms with E-state index in [-0.39, 0.29) is 10.8 Å². The van der Waals surface area contributed by atoms with Crippen molar-refractivity contribution in [3.05, 3.63) is 78.4 Å². The zero-order valence-corrected chi connectivity index (χ0v) is 18.8. The summed E-state index contributed by atoms with van der Waals surface area (Å²) in [6.45, 7) is 3.72. The first-order chi connectivity index (χ1) is 14.9. The van der Waals surface area contributed by atoms with Gasteiger partial charge in [0.2, 0.25) is 0 Å². The Kier molecular flexibility index (Phi) is 7.13. The predicted octanol–water partition coefficient (Wildman–Crippen LogP) is 5.58. The zero-order valence-electron chi connectivity index (χ0n) is 18.0.